The van der Waals surface area contributed by atoms with Gasteiger partial charge in [-0.3, -0.25) is 0 Å². The average Bonchev–Trinajstić information content (AvgIpc) is 2.58. The van der Waals surface area contributed by atoms with E-state index in [1.807, 2.05) is 31.2 Å². The number of nitrogens with one attached hydrogen (secondary N) is 3. The predicted molar refractivity (Wildman–Crippen MR) is 96.8 cm³/mol. The third-order valence-electron chi connectivity index (χ3n) is 3.51. The number of hydrogen-bond donors (Lipinski definition) is 3. The van der Waals surface area contributed by atoms with E-state index < -0.39 is 17.8 Å². The van der Waals surface area contributed by atoms with Gasteiger partial charge in [0, 0.05) is 23.8 Å². The number of benzene rings is 1. The first-order valence-electron chi connectivity index (χ1n) is 7.83. The Morgan fingerprint density at radius 3 is 2.69 bits per heavy atom. The van der Waals surface area contributed by atoms with Crippen molar-refractivity contribution in [2.45, 2.75) is 19.1 Å². The van der Waals surface area contributed by atoms with Crippen LogP contribution >= 0.6 is 15.9 Å². The van der Waals surface area contributed by atoms with Gasteiger partial charge in [-0.15, -0.1) is 0 Å². The Kier molecular flexibility index (Phi) is 6.84. The molecule has 26 heavy (non-hydrogen) atoms. The molecule has 1 heterocycles. The van der Waals surface area contributed by atoms with Crippen LogP contribution in [-0.2, 0) is 6.18 Å². The van der Waals surface area contributed by atoms with Gasteiger partial charge in [0.15, 0.2) is 0 Å². The Balaban J connectivity index is 1.79. The van der Waals surface area contributed by atoms with Crippen LogP contribution in [-0.4, -0.2) is 24.1 Å². The molecule has 0 spiro atoms. The van der Waals surface area contributed by atoms with Gasteiger partial charge in [0.1, 0.15) is 5.82 Å². The summed E-state index contributed by atoms with van der Waals surface area (Å²) in [6.07, 6.45) is -3.21. The fourth-order valence-electron chi connectivity index (χ4n) is 2.24. The first kappa shape index (κ1) is 20.0. The van der Waals surface area contributed by atoms with Gasteiger partial charge in [-0.2, -0.15) is 13.2 Å². The van der Waals surface area contributed by atoms with Gasteiger partial charge in [-0.05, 0) is 36.8 Å². The number of carbonyl (C=O) groups is 1. The zero-order chi connectivity index (χ0) is 19.2. The first-order chi connectivity index (χ1) is 12.3. The highest BCUT2D eigenvalue weighted by atomic mass is 79.9. The lowest BCUT2D eigenvalue weighted by Gasteiger charge is -2.16. The Morgan fingerprint density at radius 2 is 2.00 bits per heavy atom. The van der Waals surface area contributed by atoms with Gasteiger partial charge < -0.3 is 16.0 Å². The normalized spacial score (nSPS) is 12.3. The van der Waals surface area contributed by atoms with E-state index in [1.165, 1.54) is 12.3 Å². The Morgan fingerprint density at radius 1 is 1.23 bits per heavy atom. The van der Waals surface area contributed by atoms with Crippen molar-refractivity contribution in [2.24, 2.45) is 0 Å². The monoisotopic (exact) mass is 430 g/mol. The molecule has 0 bridgehead atoms. The smallest absolute Gasteiger partial charge is 0.368 e. The maximum absolute atomic E-state index is 12.9. The van der Waals surface area contributed by atoms with Crippen LogP contribution in [0.5, 0.6) is 0 Å². The maximum atomic E-state index is 12.9. The molecule has 0 radical (unpaired) electrons. The van der Waals surface area contributed by atoms with Crippen molar-refractivity contribution in [3.63, 3.8) is 0 Å². The van der Waals surface area contributed by atoms with Gasteiger partial charge in [-0.25, -0.2) is 9.78 Å². The average molecular weight is 431 g/mol. The summed E-state index contributed by atoms with van der Waals surface area (Å²) in [7, 11) is 0. The molecule has 5 nitrogen and oxygen atoms in total. The number of hydrogen-bond acceptors (Lipinski definition) is 3. The molecule has 1 atom stereocenters. The molecule has 0 saturated carbocycles. The molecule has 1 unspecified atom stereocenters. The molecule has 2 rings (SSSR count). The fourth-order valence-corrected chi connectivity index (χ4v) is 2.66. The van der Waals surface area contributed by atoms with Crippen LogP contribution in [0, 0.1) is 0 Å². The summed E-state index contributed by atoms with van der Waals surface area (Å²) in [5.74, 6) is -0.260. The highest BCUT2D eigenvalue weighted by Gasteiger charge is 2.33. The Labute approximate surface area is 157 Å². The van der Waals surface area contributed by atoms with Crippen molar-refractivity contribution in [2.75, 3.05) is 18.4 Å². The second kappa shape index (κ2) is 8.88. The van der Waals surface area contributed by atoms with Gasteiger partial charge in [0.25, 0.3) is 0 Å². The van der Waals surface area contributed by atoms with Crippen molar-refractivity contribution in [3.05, 3.63) is 58.2 Å². The van der Waals surface area contributed by atoms with Crippen LogP contribution < -0.4 is 16.0 Å². The Bertz CT molecular complexity index is 755. The van der Waals surface area contributed by atoms with Gasteiger partial charge in [0.2, 0.25) is 0 Å². The second-order valence-electron chi connectivity index (χ2n) is 5.50. The standard InChI is InChI=1S/C17H18BrF3N4O/c1-11(12-4-2-5-13(18)10-12)25-16(26)24-9-8-23-15-14(17(19,20)21)6-3-7-22-15/h2-7,10-11H,8-9H2,1H3,(H,22,23)(H2,24,25,26). The van der Waals surface area contributed by atoms with Crippen LogP contribution in [0.15, 0.2) is 47.1 Å². The summed E-state index contributed by atoms with van der Waals surface area (Å²) in [6, 6.07) is 9.09. The van der Waals surface area contributed by atoms with Gasteiger partial charge in [0.05, 0.1) is 11.6 Å². The molecule has 1 aromatic heterocycles. The molecule has 2 amide bonds. The molecule has 1 aromatic carbocycles. The van der Waals surface area contributed by atoms with Crippen LogP contribution in [0.4, 0.5) is 23.8 Å². The minimum atomic E-state index is -4.49. The molecule has 2 aromatic rings. The van der Waals surface area contributed by atoms with E-state index in [0.29, 0.717) is 0 Å². The topological polar surface area (TPSA) is 66.1 Å². The Hall–Kier alpha value is -2.29. The quantitative estimate of drug-likeness (QED) is 0.597. The number of pyridine rings is 1. The van der Waals surface area contributed by atoms with Crippen molar-refractivity contribution in [3.8, 4) is 0 Å². The lowest BCUT2D eigenvalue weighted by Crippen LogP contribution is -2.39. The number of rotatable bonds is 6. The number of carbonyl (C=O) groups excluding carboxylic acids is 1. The number of urea groups is 1. The van der Waals surface area contributed by atoms with E-state index in [4.69, 9.17) is 0 Å². The van der Waals surface area contributed by atoms with Crippen molar-refractivity contribution in [1.29, 1.82) is 0 Å². The predicted octanol–water partition coefficient (Wildman–Crippen LogP) is 4.34. The third kappa shape index (κ3) is 5.91. The fraction of sp³-hybridized carbons (Fsp3) is 0.294. The number of nitrogens with zero attached hydrogens (tertiary/aromatic N) is 1. The number of anilines is 1. The summed E-state index contributed by atoms with van der Waals surface area (Å²) in [6.45, 7) is 2.09. The molecule has 0 fully saturated rings. The lowest BCUT2D eigenvalue weighted by atomic mass is 10.1. The summed E-state index contributed by atoms with van der Waals surface area (Å²) in [5, 5.41) is 7.94. The van der Waals surface area contributed by atoms with E-state index >= 15 is 0 Å². The molecule has 0 saturated heterocycles. The minimum absolute atomic E-state index is 0.110. The van der Waals surface area contributed by atoms with Crippen LogP contribution in [0.2, 0.25) is 0 Å². The summed E-state index contributed by atoms with van der Waals surface area (Å²) in [5.41, 5.74) is 0.0867. The van der Waals surface area contributed by atoms with Crippen LogP contribution in [0.1, 0.15) is 24.1 Å². The van der Waals surface area contributed by atoms with Gasteiger partial charge >= 0.3 is 12.2 Å². The molecule has 0 aliphatic carbocycles. The molecule has 140 valence electrons. The van der Waals surface area contributed by atoms with E-state index in [-0.39, 0.29) is 24.9 Å². The molecule has 0 aliphatic heterocycles. The van der Waals surface area contributed by atoms with Crippen molar-refractivity contribution >= 4 is 27.8 Å². The van der Waals surface area contributed by atoms with Gasteiger partial charge in [-0.1, -0.05) is 28.1 Å². The zero-order valence-electron chi connectivity index (χ0n) is 13.9. The van der Waals surface area contributed by atoms with E-state index in [9.17, 15) is 18.0 Å². The first-order valence-corrected chi connectivity index (χ1v) is 8.62. The van der Waals surface area contributed by atoms with Crippen molar-refractivity contribution < 1.29 is 18.0 Å². The third-order valence-corrected chi connectivity index (χ3v) is 4.01. The van der Waals surface area contributed by atoms with Crippen LogP contribution in [0.3, 0.4) is 0 Å². The van der Waals surface area contributed by atoms with Crippen LogP contribution in [0.25, 0.3) is 0 Å². The number of amides is 2. The van der Waals surface area contributed by atoms with E-state index in [1.54, 1.807) is 0 Å². The molecule has 3 N–H and O–H groups in total. The highest BCUT2D eigenvalue weighted by molar-refractivity contribution is 9.10. The molecular weight excluding hydrogens is 413 g/mol. The summed E-state index contributed by atoms with van der Waals surface area (Å²) >= 11 is 3.37. The maximum Gasteiger partial charge on any atom is 0.419 e. The number of aromatic nitrogens is 1. The molecule has 0 aliphatic rings. The number of alkyl halides is 3. The van der Waals surface area contributed by atoms with E-state index in [2.05, 4.69) is 36.9 Å². The molecule has 9 heteroatoms. The summed E-state index contributed by atoms with van der Waals surface area (Å²) in [4.78, 5) is 15.6. The highest BCUT2D eigenvalue weighted by Crippen LogP contribution is 2.33. The zero-order valence-corrected chi connectivity index (χ0v) is 15.5. The minimum Gasteiger partial charge on any atom is -0.368 e. The second-order valence-corrected chi connectivity index (χ2v) is 6.42. The SMILES string of the molecule is CC(NC(=O)NCCNc1ncccc1C(F)(F)F)c1cccc(Br)c1. The largest absolute Gasteiger partial charge is 0.419 e. The lowest BCUT2D eigenvalue weighted by molar-refractivity contribution is -0.137. The molecular formula is C17H18BrF3N4O. The van der Waals surface area contributed by atoms with Crippen molar-refractivity contribution in [1.82, 2.24) is 15.6 Å². The summed E-state index contributed by atoms with van der Waals surface area (Å²) < 4.78 is 39.5. The van der Waals surface area contributed by atoms with E-state index in [0.717, 1.165) is 16.1 Å². The number of halogens is 4.